The normalized spacial score (nSPS) is 11.3. The largest absolute Gasteiger partial charge is 0.322 e. The molecule has 0 bridgehead atoms. The molecular formula is C9H11BrClN3O. The van der Waals surface area contributed by atoms with Crippen molar-refractivity contribution in [3.63, 3.8) is 0 Å². The minimum absolute atomic E-state index is 0.232. The summed E-state index contributed by atoms with van der Waals surface area (Å²) in [5.41, 5.74) is 5.11. The fourth-order valence-electron chi connectivity index (χ4n) is 0.794. The lowest BCUT2D eigenvalue weighted by Gasteiger charge is -2.18. The lowest BCUT2D eigenvalue weighted by atomic mass is 10.1. The van der Waals surface area contributed by atoms with Crippen molar-refractivity contribution in [1.29, 1.82) is 0 Å². The molecule has 3 N–H and O–H groups in total. The van der Waals surface area contributed by atoms with E-state index in [1.54, 1.807) is 26.1 Å². The van der Waals surface area contributed by atoms with Crippen LogP contribution in [0.1, 0.15) is 13.8 Å². The molecule has 1 amide bonds. The molecule has 0 radical (unpaired) electrons. The molecule has 0 aliphatic carbocycles. The Morgan fingerprint density at radius 1 is 1.67 bits per heavy atom. The number of halogens is 2. The Bertz CT molecular complexity index is 389. The van der Waals surface area contributed by atoms with Crippen molar-refractivity contribution >= 4 is 39.1 Å². The number of hydrogen-bond acceptors (Lipinski definition) is 3. The van der Waals surface area contributed by atoms with Crippen LogP contribution in [-0.2, 0) is 4.79 Å². The summed E-state index contributed by atoms with van der Waals surface area (Å²) >= 11 is 9.04. The molecule has 0 fully saturated rings. The monoisotopic (exact) mass is 291 g/mol. The number of aromatic nitrogens is 1. The Morgan fingerprint density at radius 3 is 2.80 bits per heavy atom. The first-order chi connectivity index (χ1) is 6.80. The van der Waals surface area contributed by atoms with Crippen LogP contribution < -0.4 is 11.1 Å². The summed E-state index contributed by atoms with van der Waals surface area (Å²) in [4.78, 5) is 15.4. The second-order valence-electron chi connectivity index (χ2n) is 3.67. The first-order valence-corrected chi connectivity index (χ1v) is 5.39. The van der Waals surface area contributed by atoms with Crippen molar-refractivity contribution in [2.24, 2.45) is 5.73 Å². The fourth-order valence-corrected chi connectivity index (χ4v) is 1.28. The van der Waals surface area contributed by atoms with Gasteiger partial charge in [-0.2, -0.15) is 0 Å². The predicted molar refractivity (Wildman–Crippen MR) is 63.8 cm³/mol. The van der Waals surface area contributed by atoms with Crippen LogP contribution in [0.15, 0.2) is 16.7 Å². The second kappa shape index (κ2) is 4.47. The van der Waals surface area contributed by atoms with E-state index in [0.717, 1.165) is 4.47 Å². The minimum atomic E-state index is -0.953. The number of pyridine rings is 1. The van der Waals surface area contributed by atoms with Crippen LogP contribution in [0.4, 0.5) is 5.69 Å². The smallest absolute Gasteiger partial charge is 0.243 e. The molecule has 6 heteroatoms. The third-order valence-corrected chi connectivity index (χ3v) is 2.37. The number of carbonyl (C=O) groups is 1. The zero-order valence-electron chi connectivity index (χ0n) is 8.34. The zero-order valence-corrected chi connectivity index (χ0v) is 10.7. The first kappa shape index (κ1) is 12.4. The Kier molecular flexibility index (Phi) is 3.70. The third kappa shape index (κ3) is 3.44. The van der Waals surface area contributed by atoms with Gasteiger partial charge in [0, 0.05) is 10.7 Å². The molecule has 0 aliphatic heterocycles. The molecule has 1 aromatic rings. The van der Waals surface area contributed by atoms with E-state index in [1.165, 1.54) is 0 Å². The Morgan fingerprint density at radius 2 is 2.27 bits per heavy atom. The molecule has 1 aromatic heterocycles. The standard InChI is InChI=1S/C9H11BrClN3O/c1-9(2,12)8(15)14-6-3-5(10)4-13-7(6)11/h3-4H,12H2,1-2H3,(H,14,15). The molecule has 15 heavy (non-hydrogen) atoms. The molecule has 0 aliphatic rings. The molecule has 1 rings (SSSR count). The highest BCUT2D eigenvalue weighted by Crippen LogP contribution is 2.23. The Labute approximate surface area is 101 Å². The van der Waals surface area contributed by atoms with E-state index in [0.29, 0.717) is 5.69 Å². The summed E-state index contributed by atoms with van der Waals surface area (Å²) in [6.07, 6.45) is 1.55. The van der Waals surface area contributed by atoms with Gasteiger partial charge in [0.15, 0.2) is 5.15 Å². The van der Waals surface area contributed by atoms with E-state index in [9.17, 15) is 4.79 Å². The maximum Gasteiger partial charge on any atom is 0.243 e. The molecule has 0 saturated carbocycles. The fraction of sp³-hybridized carbons (Fsp3) is 0.333. The number of nitrogens with one attached hydrogen (secondary N) is 1. The number of nitrogens with two attached hydrogens (primary N) is 1. The summed E-state index contributed by atoms with van der Waals surface area (Å²) in [5.74, 6) is -0.315. The van der Waals surface area contributed by atoms with E-state index in [1.807, 2.05) is 0 Å². The molecule has 0 unspecified atom stereocenters. The Balaban J connectivity index is 2.90. The lowest BCUT2D eigenvalue weighted by Crippen LogP contribution is -2.45. The van der Waals surface area contributed by atoms with Gasteiger partial charge in [-0.05, 0) is 35.8 Å². The van der Waals surface area contributed by atoms with Crippen molar-refractivity contribution in [3.8, 4) is 0 Å². The zero-order chi connectivity index (χ0) is 11.6. The molecule has 0 atom stereocenters. The first-order valence-electron chi connectivity index (χ1n) is 4.22. The molecular weight excluding hydrogens is 281 g/mol. The van der Waals surface area contributed by atoms with Crippen molar-refractivity contribution in [2.75, 3.05) is 5.32 Å². The maximum atomic E-state index is 11.6. The van der Waals surface area contributed by atoms with Crippen LogP contribution in [0.5, 0.6) is 0 Å². The average Bonchev–Trinajstić information content (AvgIpc) is 2.09. The number of anilines is 1. The van der Waals surface area contributed by atoms with Crippen LogP contribution in [0.25, 0.3) is 0 Å². The van der Waals surface area contributed by atoms with Gasteiger partial charge in [-0.1, -0.05) is 11.6 Å². The summed E-state index contributed by atoms with van der Waals surface area (Å²) in [5, 5.41) is 2.83. The molecule has 1 heterocycles. The van der Waals surface area contributed by atoms with E-state index in [4.69, 9.17) is 17.3 Å². The van der Waals surface area contributed by atoms with Crippen LogP contribution in [0.3, 0.4) is 0 Å². The summed E-state index contributed by atoms with van der Waals surface area (Å²) in [6, 6.07) is 1.67. The van der Waals surface area contributed by atoms with Gasteiger partial charge >= 0.3 is 0 Å². The van der Waals surface area contributed by atoms with Gasteiger partial charge in [-0.3, -0.25) is 4.79 Å². The second-order valence-corrected chi connectivity index (χ2v) is 4.94. The van der Waals surface area contributed by atoms with E-state index in [2.05, 4.69) is 26.2 Å². The molecule has 82 valence electrons. The van der Waals surface area contributed by atoms with Crippen LogP contribution in [0, 0.1) is 0 Å². The Hall–Kier alpha value is -0.650. The lowest BCUT2D eigenvalue weighted by molar-refractivity contribution is -0.120. The highest BCUT2D eigenvalue weighted by Gasteiger charge is 2.22. The van der Waals surface area contributed by atoms with Crippen LogP contribution in [-0.4, -0.2) is 16.4 Å². The number of nitrogens with zero attached hydrogens (tertiary/aromatic N) is 1. The van der Waals surface area contributed by atoms with E-state index < -0.39 is 5.54 Å². The van der Waals surface area contributed by atoms with Gasteiger partial charge in [0.25, 0.3) is 0 Å². The van der Waals surface area contributed by atoms with Gasteiger partial charge in [0.1, 0.15) is 0 Å². The topological polar surface area (TPSA) is 68.0 Å². The van der Waals surface area contributed by atoms with Crippen molar-refractivity contribution in [1.82, 2.24) is 4.98 Å². The molecule has 0 saturated heterocycles. The summed E-state index contributed by atoms with van der Waals surface area (Å²) in [7, 11) is 0. The van der Waals surface area contributed by atoms with Gasteiger partial charge < -0.3 is 11.1 Å². The maximum absolute atomic E-state index is 11.6. The summed E-state index contributed by atoms with van der Waals surface area (Å²) in [6.45, 7) is 3.23. The van der Waals surface area contributed by atoms with E-state index in [-0.39, 0.29) is 11.1 Å². The summed E-state index contributed by atoms with van der Waals surface area (Å²) < 4.78 is 0.733. The van der Waals surface area contributed by atoms with Gasteiger partial charge in [-0.25, -0.2) is 4.98 Å². The highest BCUT2D eigenvalue weighted by molar-refractivity contribution is 9.10. The van der Waals surface area contributed by atoms with Crippen molar-refractivity contribution in [2.45, 2.75) is 19.4 Å². The quantitative estimate of drug-likeness (QED) is 0.821. The number of carbonyl (C=O) groups excluding carboxylic acids is 1. The van der Waals surface area contributed by atoms with Gasteiger partial charge in [0.05, 0.1) is 11.2 Å². The minimum Gasteiger partial charge on any atom is -0.322 e. The molecule has 0 spiro atoms. The highest BCUT2D eigenvalue weighted by atomic mass is 79.9. The van der Waals surface area contributed by atoms with Crippen molar-refractivity contribution < 1.29 is 4.79 Å². The van der Waals surface area contributed by atoms with Crippen molar-refractivity contribution in [3.05, 3.63) is 21.9 Å². The molecule has 0 aromatic carbocycles. The van der Waals surface area contributed by atoms with Gasteiger partial charge in [0.2, 0.25) is 5.91 Å². The SMILES string of the molecule is CC(C)(N)C(=O)Nc1cc(Br)cnc1Cl. The number of amides is 1. The molecule has 4 nitrogen and oxygen atoms in total. The van der Waals surface area contributed by atoms with Gasteiger partial charge in [-0.15, -0.1) is 0 Å². The van der Waals surface area contributed by atoms with E-state index >= 15 is 0 Å². The number of rotatable bonds is 2. The van der Waals surface area contributed by atoms with Crippen LogP contribution in [0.2, 0.25) is 5.15 Å². The predicted octanol–water partition coefficient (Wildman–Crippen LogP) is 2.17. The number of hydrogen-bond donors (Lipinski definition) is 2. The average molecular weight is 293 g/mol. The van der Waals surface area contributed by atoms with Crippen LogP contribution >= 0.6 is 27.5 Å². The third-order valence-electron chi connectivity index (χ3n) is 1.64.